The van der Waals surface area contributed by atoms with Gasteiger partial charge in [-0.2, -0.15) is 0 Å². The summed E-state index contributed by atoms with van der Waals surface area (Å²) < 4.78 is 0. The summed E-state index contributed by atoms with van der Waals surface area (Å²) in [5, 5.41) is 45.9. The van der Waals surface area contributed by atoms with Gasteiger partial charge < -0.3 is 31.3 Å². The van der Waals surface area contributed by atoms with Gasteiger partial charge in [0, 0.05) is 5.92 Å². The van der Waals surface area contributed by atoms with Crippen molar-refractivity contribution in [1.29, 1.82) is 0 Å². The van der Waals surface area contributed by atoms with E-state index in [1.807, 2.05) is 0 Å². The van der Waals surface area contributed by atoms with Crippen LogP contribution in [0.3, 0.4) is 0 Å². The van der Waals surface area contributed by atoms with Gasteiger partial charge in [0.25, 0.3) is 0 Å². The number of rotatable bonds is 1. The Hall–Kier alpha value is -0.240. The highest BCUT2D eigenvalue weighted by Gasteiger charge is 2.46. The molecule has 0 aromatic carbocycles. The number of aliphatic hydroxyl groups is 5. The molecule has 6 nitrogen and oxygen atoms in total. The highest BCUT2D eigenvalue weighted by atomic mass is 16.4. The van der Waals surface area contributed by atoms with Crippen LogP contribution >= 0.6 is 0 Å². The largest absolute Gasteiger partial charge is 0.396 e. The van der Waals surface area contributed by atoms with E-state index in [9.17, 15) is 20.4 Å². The van der Waals surface area contributed by atoms with Crippen LogP contribution in [0.2, 0.25) is 0 Å². The minimum atomic E-state index is -1.42. The molecular formula is C7H15NO5. The molecule has 0 aromatic rings. The minimum Gasteiger partial charge on any atom is -0.396 e. The third kappa shape index (κ3) is 1.69. The van der Waals surface area contributed by atoms with Gasteiger partial charge in [0.15, 0.2) is 0 Å². The van der Waals surface area contributed by atoms with Gasteiger partial charge in [-0.1, -0.05) is 0 Å². The molecule has 1 saturated carbocycles. The molecular weight excluding hydrogens is 178 g/mol. The average molecular weight is 193 g/mol. The lowest BCUT2D eigenvalue weighted by atomic mass is 9.78. The Kier molecular flexibility index (Phi) is 3.23. The topological polar surface area (TPSA) is 127 Å². The summed E-state index contributed by atoms with van der Waals surface area (Å²) in [5.41, 5.74) is 5.36. The highest BCUT2D eigenvalue weighted by molar-refractivity contribution is 4.99. The molecule has 0 aromatic heterocycles. The zero-order valence-electron chi connectivity index (χ0n) is 6.98. The Morgan fingerprint density at radius 2 is 1.38 bits per heavy atom. The van der Waals surface area contributed by atoms with Gasteiger partial charge in [0.05, 0.1) is 24.9 Å². The normalized spacial score (nSPS) is 52.2. The summed E-state index contributed by atoms with van der Waals surface area (Å²) in [7, 11) is 0. The molecule has 0 saturated heterocycles. The van der Waals surface area contributed by atoms with Crippen molar-refractivity contribution in [2.75, 3.05) is 6.61 Å². The molecule has 0 heterocycles. The molecule has 1 rings (SSSR count). The van der Waals surface area contributed by atoms with E-state index in [4.69, 9.17) is 10.8 Å². The molecule has 0 bridgehead atoms. The first kappa shape index (κ1) is 10.8. The van der Waals surface area contributed by atoms with Gasteiger partial charge in [0.1, 0.15) is 12.2 Å². The van der Waals surface area contributed by atoms with Crippen molar-refractivity contribution >= 4 is 0 Å². The van der Waals surface area contributed by atoms with Crippen LogP contribution in [-0.2, 0) is 0 Å². The quantitative estimate of drug-likeness (QED) is 0.255. The summed E-state index contributed by atoms with van der Waals surface area (Å²) in [5.74, 6) is -0.909. The molecule has 6 heteroatoms. The van der Waals surface area contributed by atoms with E-state index < -0.39 is 43.0 Å². The summed E-state index contributed by atoms with van der Waals surface area (Å²) in [6.45, 7) is -0.486. The Balaban J connectivity index is 2.79. The standard InChI is InChI=1S/C7H15NO5/c8-3-4(10)2(1-9)5(11)7(13)6(3)12/h2-7,9-13H,1,8H2. The van der Waals surface area contributed by atoms with Gasteiger partial charge >= 0.3 is 0 Å². The Labute approximate surface area is 75.2 Å². The van der Waals surface area contributed by atoms with E-state index >= 15 is 0 Å². The minimum absolute atomic E-state index is 0.486. The van der Waals surface area contributed by atoms with Crippen LogP contribution in [0.1, 0.15) is 0 Å². The maximum absolute atomic E-state index is 9.38. The second kappa shape index (κ2) is 3.87. The molecule has 0 aliphatic heterocycles. The smallest absolute Gasteiger partial charge is 0.108 e. The Bertz CT molecular complexity index is 162. The molecule has 0 amide bonds. The number of hydrogen-bond acceptors (Lipinski definition) is 6. The van der Waals surface area contributed by atoms with Crippen molar-refractivity contribution in [2.24, 2.45) is 11.7 Å². The van der Waals surface area contributed by atoms with Crippen LogP contribution < -0.4 is 5.73 Å². The van der Waals surface area contributed by atoms with E-state index in [1.165, 1.54) is 0 Å². The monoisotopic (exact) mass is 193 g/mol. The molecule has 6 unspecified atom stereocenters. The Morgan fingerprint density at radius 1 is 0.846 bits per heavy atom. The number of aliphatic hydroxyl groups excluding tert-OH is 5. The Morgan fingerprint density at radius 3 is 1.85 bits per heavy atom. The van der Waals surface area contributed by atoms with E-state index in [-0.39, 0.29) is 0 Å². The molecule has 7 N–H and O–H groups in total. The van der Waals surface area contributed by atoms with Crippen molar-refractivity contribution < 1.29 is 25.5 Å². The molecule has 0 spiro atoms. The summed E-state index contributed by atoms with van der Waals surface area (Å²) in [6.07, 6.45) is -5.35. The van der Waals surface area contributed by atoms with Crippen LogP contribution in [0.5, 0.6) is 0 Å². The number of nitrogens with two attached hydrogens (primary N) is 1. The predicted octanol–water partition coefficient (Wildman–Crippen LogP) is -3.62. The maximum Gasteiger partial charge on any atom is 0.108 e. The highest BCUT2D eigenvalue weighted by Crippen LogP contribution is 2.24. The summed E-state index contributed by atoms with van der Waals surface area (Å²) >= 11 is 0. The van der Waals surface area contributed by atoms with Crippen LogP contribution in [-0.4, -0.2) is 62.6 Å². The maximum atomic E-state index is 9.38. The van der Waals surface area contributed by atoms with Gasteiger partial charge in [-0.25, -0.2) is 0 Å². The lowest BCUT2D eigenvalue weighted by Crippen LogP contribution is -2.64. The van der Waals surface area contributed by atoms with Crippen molar-refractivity contribution in [3.8, 4) is 0 Å². The third-order valence-electron chi connectivity index (χ3n) is 2.58. The molecule has 1 aliphatic rings. The van der Waals surface area contributed by atoms with Crippen molar-refractivity contribution in [1.82, 2.24) is 0 Å². The molecule has 1 aliphatic carbocycles. The van der Waals surface area contributed by atoms with Crippen LogP contribution in [0.25, 0.3) is 0 Å². The SMILES string of the molecule is NC1C(O)C(O)C(O)C(CO)C1O. The first-order chi connectivity index (χ1) is 6.00. The zero-order chi connectivity index (χ0) is 10.2. The molecule has 1 fully saturated rings. The van der Waals surface area contributed by atoms with E-state index in [2.05, 4.69) is 0 Å². The molecule has 0 radical (unpaired) electrons. The molecule has 6 atom stereocenters. The predicted molar refractivity (Wildman–Crippen MR) is 42.6 cm³/mol. The van der Waals surface area contributed by atoms with Crippen LogP contribution in [0.15, 0.2) is 0 Å². The van der Waals surface area contributed by atoms with Crippen molar-refractivity contribution in [2.45, 2.75) is 30.5 Å². The fraction of sp³-hybridized carbons (Fsp3) is 1.00. The van der Waals surface area contributed by atoms with E-state index in [0.29, 0.717) is 0 Å². The van der Waals surface area contributed by atoms with Crippen LogP contribution in [0, 0.1) is 5.92 Å². The fourth-order valence-corrected chi connectivity index (χ4v) is 1.59. The summed E-state index contributed by atoms with van der Waals surface area (Å²) in [4.78, 5) is 0. The number of hydrogen-bond donors (Lipinski definition) is 6. The van der Waals surface area contributed by atoms with Crippen LogP contribution in [0.4, 0.5) is 0 Å². The average Bonchev–Trinajstić information content (AvgIpc) is 2.13. The fourth-order valence-electron chi connectivity index (χ4n) is 1.59. The van der Waals surface area contributed by atoms with Crippen molar-refractivity contribution in [3.63, 3.8) is 0 Å². The van der Waals surface area contributed by atoms with E-state index in [1.54, 1.807) is 0 Å². The molecule has 13 heavy (non-hydrogen) atoms. The second-order valence-electron chi connectivity index (χ2n) is 3.39. The van der Waals surface area contributed by atoms with Gasteiger partial charge in [0.2, 0.25) is 0 Å². The zero-order valence-corrected chi connectivity index (χ0v) is 6.98. The summed E-state index contributed by atoms with van der Waals surface area (Å²) in [6, 6.07) is -1.05. The van der Waals surface area contributed by atoms with Crippen molar-refractivity contribution in [3.05, 3.63) is 0 Å². The van der Waals surface area contributed by atoms with E-state index in [0.717, 1.165) is 0 Å². The first-order valence-corrected chi connectivity index (χ1v) is 4.09. The second-order valence-corrected chi connectivity index (χ2v) is 3.39. The lowest BCUT2D eigenvalue weighted by molar-refractivity contribution is -0.167. The first-order valence-electron chi connectivity index (χ1n) is 4.09. The molecule has 78 valence electrons. The third-order valence-corrected chi connectivity index (χ3v) is 2.58. The van der Waals surface area contributed by atoms with Gasteiger partial charge in [-0.3, -0.25) is 0 Å². The van der Waals surface area contributed by atoms with Gasteiger partial charge in [-0.15, -0.1) is 0 Å². The lowest BCUT2D eigenvalue weighted by Gasteiger charge is -2.41. The van der Waals surface area contributed by atoms with Gasteiger partial charge in [-0.05, 0) is 0 Å².